The minimum absolute atomic E-state index is 0.0557. The molecule has 4 nitrogen and oxygen atoms in total. The third-order valence-corrected chi connectivity index (χ3v) is 3.89. The van der Waals surface area contributed by atoms with Crippen LogP contribution in [0.25, 0.3) is 0 Å². The van der Waals surface area contributed by atoms with Gasteiger partial charge in [-0.3, -0.25) is 4.79 Å². The van der Waals surface area contributed by atoms with Crippen molar-refractivity contribution >= 4 is 17.5 Å². The average Bonchev–Trinajstić information content (AvgIpc) is 2.56. The molecule has 1 N–H and O–H groups in total. The zero-order valence-corrected chi connectivity index (χ0v) is 14.0. The molecule has 1 amide bonds. The topological polar surface area (TPSA) is 49.8 Å². The highest BCUT2D eigenvalue weighted by atomic mass is 35.5. The molecule has 0 aliphatic rings. The lowest BCUT2D eigenvalue weighted by Gasteiger charge is -2.21. The summed E-state index contributed by atoms with van der Waals surface area (Å²) in [5.41, 5.74) is 1.64. The van der Waals surface area contributed by atoms with Crippen molar-refractivity contribution in [2.24, 2.45) is 0 Å². The number of carbonyl (C=O) groups excluding carboxylic acids is 1. The number of likely N-dealkylation sites (N-methyl/N-ethyl adjacent to an activating group) is 1. The largest absolute Gasteiger partial charge is 0.497 e. The minimum atomic E-state index is -0.736. The first-order valence-corrected chi connectivity index (χ1v) is 7.68. The fourth-order valence-electron chi connectivity index (χ4n) is 2.20. The van der Waals surface area contributed by atoms with Crippen LogP contribution in [-0.4, -0.2) is 36.6 Å². The van der Waals surface area contributed by atoms with Gasteiger partial charge in [-0.05, 0) is 35.4 Å². The Hall–Kier alpha value is -2.04. The van der Waals surface area contributed by atoms with E-state index >= 15 is 0 Å². The molecule has 2 aromatic rings. The first-order valence-electron chi connectivity index (χ1n) is 7.30. The quantitative estimate of drug-likeness (QED) is 0.883. The minimum Gasteiger partial charge on any atom is -0.497 e. The van der Waals surface area contributed by atoms with Crippen LogP contribution in [0.2, 0.25) is 5.02 Å². The summed E-state index contributed by atoms with van der Waals surface area (Å²) in [4.78, 5) is 13.8. The molecule has 0 spiro atoms. The van der Waals surface area contributed by atoms with Gasteiger partial charge in [-0.25, -0.2) is 0 Å². The predicted molar refractivity (Wildman–Crippen MR) is 90.7 cm³/mol. The number of aliphatic hydroxyl groups excluding tert-OH is 1. The summed E-state index contributed by atoms with van der Waals surface area (Å²) >= 11 is 5.83. The van der Waals surface area contributed by atoms with Gasteiger partial charge in [-0.2, -0.15) is 0 Å². The van der Waals surface area contributed by atoms with Crippen LogP contribution < -0.4 is 4.74 Å². The number of rotatable bonds is 6. The van der Waals surface area contributed by atoms with Gasteiger partial charge < -0.3 is 14.7 Å². The van der Waals surface area contributed by atoms with E-state index in [4.69, 9.17) is 16.3 Å². The number of nitrogens with zero attached hydrogens (tertiary/aromatic N) is 1. The van der Waals surface area contributed by atoms with Gasteiger partial charge in [-0.15, -0.1) is 0 Å². The van der Waals surface area contributed by atoms with E-state index in [0.717, 1.165) is 16.9 Å². The van der Waals surface area contributed by atoms with Crippen molar-refractivity contribution in [1.82, 2.24) is 4.90 Å². The molecule has 0 bridgehead atoms. The molecule has 5 heteroatoms. The van der Waals surface area contributed by atoms with Gasteiger partial charge in [0.2, 0.25) is 5.91 Å². The van der Waals surface area contributed by atoms with Gasteiger partial charge in [0, 0.05) is 12.1 Å². The fraction of sp³-hybridized carbons (Fsp3) is 0.278. The number of hydrogen-bond acceptors (Lipinski definition) is 3. The van der Waals surface area contributed by atoms with Crippen LogP contribution >= 0.6 is 11.6 Å². The highest BCUT2D eigenvalue weighted by Crippen LogP contribution is 2.18. The predicted octanol–water partition coefficient (Wildman–Crippen LogP) is 3.08. The standard InChI is InChI=1S/C18H20ClNO3/c1-20(18(22)11-13-3-7-15(19)8-4-13)12-17(21)14-5-9-16(23-2)10-6-14/h3-10,17,21H,11-12H2,1-2H3. The van der Waals surface area contributed by atoms with Crippen LogP contribution in [0.15, 0.2) is 48.5 Å². The number of ether oxygens (including phenoxy) is 1. The second-order valence-electron chi connectivity index (χ2n) is 5.37. The van der Waals surface area contributed by atoms with Crippen molar-refractivity contribution < 1.29 is 14.6 Å². The van der Waals surface area contributed by atoms with Gasteiger partial charge >= 0.3 is 0 Å². The molecule has 122 valence electrons. The van der Waals surface area contributed by atoms with E-state index < -0.39 is 6.10 Å². The van der Waals surface area contributed by atoms with E-state index in [2.05, 4.69) is 0 Å². The lowest BCUT2D eigenvalue weighted by Crippen LogP contribution is -2.32. The summed E-state index contributed by atoms with van der Waals surface area (Å²) in [7, 11) is 3.28. The van der Waals surface area contributed by atoms with E-state index in [9.17, 15) is 9.90 Å². The van der Waals surface area contributed by atoms with Gasteiger partial charge in [0.15, 0.2) is 0 Å². The van der Waals surface area contributed by atoms with Crippen molar-refractivity contribution in [2.45, 2.75) is 12.5 Å². The van der Waals surface area contributed by atoms with Gasteiger partial charge in [0.25, 0.3) is 0 Å². The Morgan fingerprint density at radius 1 is 1.17 bits per heavy atom. The van der Waals surface area contributed by atoms with Crippen LogP contribution in [0.4, 0.5) is 0 Å². The third kappa shape index (κ3) is 4.98. The van der Waals surface area contributed by atoms with Crippen LogP contribution in [0.1, 0.15) is 17.2 Å². The molecule has 1 unspecified atom stereocenters. The van der Waals surface area contributed by atoms with Crippen molar-refractivity contribution in [3.05, 3.63) is 64.7 Å². The molecule has 1 atom stereocenters. The van der Waals surface area contributed by atoms with Gasteiger partial charge in [-0.1, -0.05) is 35.9 Å². The molecule has 0 aliphatic carbocycles. The number of amides is 1. The monoisotopic (exact) mass is 333 g/mol. The number of carbonyl (C=O) groups is 1. The number of methoxy groups -OCH3 is 1. The molecule has 0 heterocycles. The molecule has 23 heavy (non-hydrogen) atoms. The lowest BCUT2D eigenvalue weighted by atomic mass is 10.1. The normalized spacial score (nSPS) is 11.8. The summed E-state index contributed by atoms with van der Waals surface area (Å²) in [6.45, 7) is 0.235. The molecule has 0 radical (unpaired) electrons. The van der Waals surface area contributed by atoms with Gasteiger partial charge in [0.05, 0.1) is 26.2 Å². The van der Waals surface area contributed by atoms with Crippen LogP contribution in [0.3, 0.4) is 0 Å². The SMILES string of the molecule is COc1ccc(C(O)CN(C)C(=O)Cc2ccc(Cl)cc2)cc1. The molecular weight excluding hydrogens is 314 g/mol. The fourth-order valence-corrected chi connectivity index (χ4v) is 2.33. The van der Waals surface area contributed by atoms with Crippen molar-refractivity contribution in [1.29, 1.82) is 0 Å². The van der Waals surface area contributed by atoms with E-state index in [-0.39, 0.29) is 18.9 Å². The Bertz CT molecular complexity index is 640. The Morgan fingerprint density at radius 2 is 1.78 bits per heavy atom. The number of aliphatic hydroxyl groups is 1. The zero-order valence-electron chi connectivity index (χ0n) is 13.2. The zero-order chi connectivity index (χ0) is 16.8. The highest BCUT2D eigenvalue weighted by molar-refractivity contribution is 6.30. The highest BCUT2D eigenvalue weighted by Gasteiger charge is 2.15. The van der Waals surface area contributed by atoms with Crippen LogP contribution in [0, 0.1) is 0 Å². The molecule has 2 rings (SSSR count). The Balaban J connectivity index is 1.92. The molecule has 0 saturated heterocycles. The smallest absolute Gasteiger partial charge is 0.226 e. The Labute approximate surface area is 141 Å². The van der Waals surface area contributed by atoms with Crippen molar-refractivity contribution in [2.75, 3.05) is 20.7 Å². The molecule has 0 saturated carbocycles. The maximum absolute atomic E-state index is 12.2. The first-order chi connectivity index (χ1) is 11.0. The lowest BCUT2D eigenvalue weighted by molar-refractivity contribution is -0.130. The van der Waals surface area contributed by atoms with Crippen LogP contribution in [-0.2, 0) is 11.2 Å². The number of benzene rings is 2. The molecular formula is C18H20ClNO3. The van der Waals surface area contributed by atoms with Gasteiger partial charge in [0.1, 0.15) is 5.75 Å². The summed E-state index contributed by atoms with van der Waals surface area (Å²) in [5.74, 6) is 0.674. The molecule has 0 aromatic heterocycles. The average molecular weight is 334 g/mol. The third-order valence-electron chi connectivity index (χ3n) is 3.64. The maximum Gasteiger partial charge on any atom is 0.226 e. The second-order valence-corrected chi connectivity index (χ2v) is 5.80. The van der Waals surface area contributed by atoms with E-state index in [1.807, 2.05) is 12.1 Å². The number of halogens is 1. The van der Waals surface area contributed by atoms with Crippen LogP contribution in [0.5, 0.6) is 5.75 Å². The van der Waals surface area contributed by atoms with E-state index in [1.54, 1.807) is 50.6 Å². The maximum atomic E-state index is 12.2. The van der Waals surface area contributed by atoms with E-state index in [0.29, 0.717) is 5.02 Å². The second kappa shape index (κ2) is 7.99. The summed E-state index contributed by atoms with van der Waals surface area (Å²) in [5, 5.41) is 10.9. The molecule has 0 aliphatic heterocycles. The first kappa shape index (κ1) is 17.3. The summed E-state index contributed by atoms with van der Waals surface area (Å²) in [6, 6.07) is 14.3. The number of hydrogen-bond donors (Lipinski definition) is 1. The molecule has 2 aromatic carbocycles. The van der Waals surface area contributed by atoms with Crippen molar-refractivity contribution in [3.8, 4) is 5.75 Å². The Morgan fingerprint density at radius 3 is 2.35 bits per heavy atom. The van der Waals surface area contributed by atoms with E-state index in [1.165, 1.54) is 4.90 Å². The molecule has 0 fully saturated rings. The summed E-state index contributed by atoms with van der Waals surface area (Å²) < 4.78 is 5.09. The Kier molecular flexibility index (Phi) is 6.02. The summed E-state index contributed by atoms with van der Waals surface area (Å²) in [6.07, 6.45) is -0.455. The van der Waals surface area contributed by atoms with Crippen molar-refractivity contribution in [3.63, 3.8) is 0 Å².